The van der Waals surface area contributed by atoms with Crippen LogP contribution < -0.4 is 10.1 Å². The van der Waals surface area contributed by atoms with Gasteiger partial charge in [0, 0.05) is 24.7 Å². The molecule has 0 bridgehead atoms. The molecule has 0 unspecified atom stereocenters. The highest BCUT2D eigenvalue weighted by Gasteiger charge is 2.33. The lowest BCUT2D eigenvalue weighted by molar-refractivity contribution is -0.274. The minimum Gasteiger partial charge on any atom is -0.406 e. The van der Waals surface area contributed by atoms with E-state index in [-0.39, 0.29) is 47.4 Å². The average molecular weight is 481 g/mol. The first-order chi connectivity index (χ1) is 14.5. The van der Waals surface area contributed by atoms with E-state index in [1.807, 2.05) is 0 Å². The summed E-state index contributed by atoms with van der Waals surface area (Å²) in [7, 11) is -3.88. The predicted octanol–water partition coefficient (Wildman–Crippen LogP) is 4.42. The summed E-state index contributed by atoms with van der Waals surface area (Å²) in [5.74, 6) is -1.99. The zero-order chi connectivity index (χ0) is 22.8. The quantitative estimate of drug-likeness (QED) is 0.643. The van der Waals surface area contributed by atoms with E-state index in [1.54, 1.807) is 0 Å². The van der Waals surface area contributed by atoms with Crippen LogP contribution in [0.15, 0.2) is 47.4 Å². The van der Waals surface area contributed by atoms with Crippen molar-refractivity contribution in [2.45, 2.75) is 24.1 Å². The van der Waals surface area contributed by atoms with E-state index in [0.717, 1.165) is 30.3 Å². The summed E-state index contributed by atoms with van der Waals surface area (Å²) >= 11 is 5.67. The van der Waals surface area contributed by atoms with Crippen LogP contribution in [0.5, 0.6) is 5.75 Å². The van der Waals surface area contributed by atoms with Gasteiger partial charge in [-0.05, 0) is 55.3 Å². The molecule has 2 aromatic rings. The Morgan fingerprint density at radius 3 is 2.26 bits per heavy atom. The molecule has 12 heteroatoms. The van der Waals surface area contributed by atoms with Crippen LogP contribution in [0.25, 0.3) is 0 Å². The SMILES string of the molecule is O=C(Nc1ccc(OC(F)(F)F)cc1)C1CCN(S(=O)(=O)c2ccc(F)c(Cl)c2)CC1. The van der Waals surface area contributed by atoms with E-state index in [9.17, 15) is 30.8 Å². The van der Waals surface area contributed by atoms with Gasteiger partial charge in [0.1, 0.15) is 11.6 Å². The van der Waals surface area contributed by atoms with Gasteiger partial charge < -0.3 is 10.1 Å². The Bertz CT molecular complexity index is 1050. The highest BCUT2D eigenvalue weighted by Crippen LogP contribution is 2.28. The second-order valence-corrected chi connectivity index (χ2v) is 9.16. The number of rotatable bonds is 5. The smallest absolute Gasteiger partial charge is 0.406 e. The number of hydrogen-bond donors (Lipinski definition) is 1. The molecule has 168 valence electrons. The van der Waals surface area contributed by atoms with Crippen LogP contribution in [0.1, 0.15) is 12.8 Å². The monoisotopic (exact) mass is 480 g/mol. The molecule has 1 N–H and O–H groups in total. The lowest BCUT2D eigenvalue weighted by Crippen LogP contribution is -2.41. The van der Waals surface area contributed by atoms with E-state index < -0.39 is 33.9 Å². The van der Waals surface area contributed by atoms with Gasteiger partial charge >= 0.3 is 6.36 Å². The first-order valence-corrected chi connectivity index (χ1v) is 10.9. The van der Waals surface area contributed by atoms with Crippen molar-refractivity contribution in [1.29, 1.82) is 0 Å². The van der Waals surface area contributed by atoms with Gasteiger partial charge in [-0.2, -0.15) is 4.31 Å². The maximum Gasteiger partial charge on any atom is 0.573 e. The summed E-state index contributed by atoms with van der Waals surface area (Å²) in [6.45, 7) is 0.154. The highest BCUT2D eigenvalue weighted by atomic mass is 35.5. The summed E-state index contributed by atoms with van der Waals surface area (Å²) in [4.78, 5) is 12.3. The molecule has 6 nitrogen and oxygen atoms in total. The van der Waals surface area contributed by atoms with Gasteiger partial charge in [0.2, 0.25) is 15.9 Å². The number of benzene rings is 2. The maximum atomic E-state index is 13.3. The van der Waals surface area contributed by atoms with E-state index >= 15 is 0 Å². The molecular formula is C19H17ClF4N2O4S. The van der Waals surface area contributed by atoms with Crippen molar-refractivity contribution in [2.24, 2.45) is 5.92 Å². The molecule has 0 saturated carbocycles. The molecule has 0 aromatic heterocycles. The number of piperidine rings is 1. The zero-order valence-corrected chi connectivity index (χ0v) is 17.4. The third-order valence-corrected chi connectivity index (χ3v) is 6.89. The van der Waals surface area contributed by atoms with E-state index in [1.165, 1.54) is 16.4 Å². The number of carbonyl (C=O) groups is 1. The Labute approximate surface area is 180 Å². The van der Waals surface area contributed by atoms with Crippen molar-refractivity contribution in [2.75, 3.05) is 18.4 Å². The van der Waals surface area contributed by atoms with Gasteiger partial charge in [-0.15, -0.1) is 13.2 Å². The van der Waals surface area contributed by atoms with Crippen molar-refractivity contribution < 1.29 is 35.5 Å². The average Bonchev–Trinajstić information content (AvgIpc) is 2.70. The summed E-state index contributed by atoms with van der Waals surface area (Å²) in [5, 5.41) is 2.29. The minimum atomic E-state index is -4.81. The number of sulfonamides is 1. The predicted molar refractivity (Wildman–Crippen MR) is 105 cm³/mol. The van der Waals surface area contributed by atoms with Gasteiger partial charge in [0.15, 0.2) is 0 Å². The Morgan fingerprint density at radius 2 is 1.71 bits per heavy atom. The molecule has 0 radical (unpaired) electrons. The number of ether oxygens (including phenoxy) is 1. The summed E-state index contributed by atoms with van der Waals surface area (Å²) < 4.78 is 80.3. The number of carbonyl (C=O) groups excluding carboxylic acids is 1. The second kappa shape index (κ2) is 9.01. The number of alkyl halides is 3. The van der Waals surface area contributed by atoms with E-state index in [0.29, 0.717) is 0 Å². The molecular weight excluding hydrogens is 464 g/mol. The van der Waals surface area contributed by atoms with Gasteiger partial charge in [0.05, 0.1) is 9.92 Å². The van der Waals surface area contributed by atoms with Crippen molar-refractivity contribution in [3.8, 4) is 5.75 Å². The summed E-state index contributed by atoms with van der Waals surface area (Å²) in [6.07, 6.45) is -4.32. The minimum absolute atomic E-state index is 0.0772. The van der Waals surface area contributed by atoms with Crippen molar-refractivity contribution in [3.63, 3.8) is 0 Å². The van der Waals surface area contributed by atoms with E-state index in [2.05, 4.69) is 10.1 Å². The molecule has 0 spiro atoms. The molecule has 2 aromatic carbocycles. The molecule has 1 aliphatic heterocycles. The highest BCUT2D eigenvalue weighted by molar-refractivity contribution is 7.89. The molecule has 0 atom stereocenters. The molecule has 1 aliphatic rings. The molecule has 0 aliphatic carbocycles. The molecule has 3 rings (SSSR count). The Morgan fingerprint density at radius 1 is 1.10 bits per heavy atom. The number of halogens is 5. The molecule has 1 fully saturated rings. The van der Waals surface area contributed by atoms with Crippen LogP contribution in [-0.4, -0.2) is 38.1 Å². The molecule has 1 amide bonds. The number of nitrogens with one attached hydrogen (secondary N) is 1. The van der Waals surface area contributed by atoms with E-state index in [4.69, 9.17) is 11.6 Å². The second-order valence-electron chi connectivity index (χ2n) is 6.82. The van der Waals surface area contributed by atoms with Gasteiger partial charge in [-0.3, -0.25) is 4.79 Å². The number of amides is 1. The Kier molecular flexibility index (Phi) is 6.77. The first-order valence-electron chi connectivity index (χ1n) is 9.07. The molecule has 31 heavy (non-hydrogen) atoms. The Balaban J connectivity index is 1.57. The van der Waals surface area contributed by atoms with Crippen molar-refractivity contribution in [1.82, 2.24) is 4.31 Å². The topological polar surface area (TPSA) is 75.7 Å². The largest absolute Gasteiger partial charge is 0.573 e. The van der Waals surface area contributed by atoms with Crippen LogP contribution in [0.2, 0.25) is 5.02 Å². The summed E-state index contributed by atoms with van der Waals surface area (Å²) in [5.41, 5.74) is 0.288. The fourth-order valence-electron chi connectivity index (χ4n) is 3.13. The number of anilines is 1. The molecule has 1 saturated heterocycles. The lowest BCUT2D eigenvalue weighted by atomic mass is 9.97. The van der Waals surface area contributed by atoms with Crippen molar-refractivity contribution >= 4 is 33.2 Å². The fourth-order valence-corrected chi connectivity index (χ4v) is 4.87. The first kappa shape index (κ1) is 23.3. The van der Waals surface area contributed by atoms with Crippen LogP contribution in [0, 0.1) is 11.7 Å². The maximum absolute atomic E-state index is 13.3. The number of nitrogens with zero attached hydrogens (tertiary/aromatic N) is 1. The lowest BCUT2D eigenvalue weighted by Gasteiger charge is -2.30. The normalized spacial score (nSPS) is 16.2. The van der Waals surface area contributed by atoms with Crippen LogP contribution >= 0.6 is 11.6 Å². The third-order valence-electron chi connectivity index (χ3n) is 4.71. The standard InChI is InChI=1S/C19H17ClF4N2O4S/c20-16-11-15(5-6-17(16)21)31(28,29)26-9-7-12(8-10-26)18(27)25-13-1-3-14(4-2-13)30-19(22,23)24/h1-6,11-12H,7-10H2,(H,25,27). The van der Waals surface area contributed by atoms with Gasteiger partial charge in [0.25, 0.3) is 0 Å². The molecule has 1 heterocycles. The Hall–Kier alpha value is -2.37. The van der Waals surface area contributed by atoms with Crippen LogP contribution in [0.4, 0.5) is 23.2 Å². The van der Waals surface area contributed by atoms with Gasteiger partial charge in [-0.25, -0.2) is 12.8 Å². The van der Waals surface area contributed by atoms with Crippen LogP contribution in [-0.2, 0) is 14.8 Å². The zero-order valence-electron chi connectivity index (χ0n) is 15.8. The number of hydrogen-bond acceptors (Lipinski definition) is 4. The summed E-state index contributed by atoms with van der Waals surface area (Å²) in [6, 6.07) is 7.84. The fraction of sp³-hybridized carbons (Fsp3) is 0.316. The third kappa shape index (κ3) is 5.86. The van der Waals surface area contributed by atoms with Crippen LogP contribution in [0.3, 0.4) is 0 Å². The van der Waals surface area contributed by atoms with Crippen molar-refractivity contribution in [3.05, 3.63) is 53.3 Å². The van der Waals surface area contributed by atoms with Gasteiger partial charge in [-0.1, -0.05) is 11.6 Å².